The topological polar surface area (TPSA) is 81.9 Å². The van der Waals surface area contributed by atoms with E-state index < -0.39 is 0 Å². The number of nitrogens with one attached hydrogen (secondary N) is 1. The number of thioether (sulfide) groups is 1. The molecule has 0 spiro atoms. The van der Waals surface area contributed by atoms with E-state index in [9.17, 15) is 9.18 Å². The van der Waals surface area contributed by atoms with Crippen LogP contribution in [0.5, 0.6) is 0 Å². The third kappa shape index (κ3) is 4.66. The van der Waals surface area contributed by atoms with Crippen LogP contribution in [0.25, 0.3) is 21.6 Å². The molecule has 0 radical (unpaired) electrons. The van der Waals surface area contributed by atoms with Gasteiger partial charge in [0.05, 0.1) is 29.1 Å². The van der Waals surface area contributed by atoms with Gasteiger partial charge in [0.1, 0.15) is 5.82 Å². The molecule has 4 rings (SSSR count). The number of benzene rings is 2. The van der Waals surface area contributed by atoms with Gasteiger partial charge in [-0.05, 0) is 18.2 Å². The number of rotatable bonds is 8. The van der Waals surface area contributed by atoms with Crippen LogP contribution in [-0.2, 0) is 16.1 Å². The summed E-state index contributed by atoms with van der Waals surface area (Å²) in [5, 5.41) is 12.4. The van der Waals surface area contributed by atoms with E-state index in [1.807, 2.05) is 34.9 Å². The summed E-state index contributed by atoms with van der Waals surface area (Å²) in [6, 6.07) is 14.1. The number of amides is 1. The summed E-state index contributed by atoms with van der Waals surface area (Å²) in [4.78, 5) is 16.7. The van der Waals surface area contributed by atoms with Crippen LogP contribution in [-0.4, -0.2) is 45.1 Å². The first-order chi connectivity index (χ1) is 14.6. The van der Waals surface area contributed by atoms with Crippen molar-refractivity contribution in [2.75, 3.05) is 24.8 Å². The van der Waals surface area contributed by atoms with Gasteiger partial charge in [0, 0.05) is 12.7 Å². The number of thiazole rings is 1. The van der Waals surface area contributed by atoms with Gasteiger partial charge in [-0.1, -0.05) is 53.4 Å². The normalized spacial score (nSPS) is 11.1. The van der Waals surface area contributed by atoms with Crippen LogP contribution in [0, 0.1) is 5.82 Å². The van der Waals surface area contributed by atoms with E-state index in [1.165, 1.54) is 35.2 Å². The lowest BCUT2D eigenvalue weighted by Gasteiger charge is -2.09. The maximum absolute atomic E-state index is 13.3. The van der Waals surface area contributed by atoms with E-state index in [1.54, 1.807) is 13.2 Å². The lowest BCUT2D eigenvalue weighted by molar-refractivity contribution is -0.113. The molecule has 154 valence electrons. The van der Waals surface area contributed by atoms with E-state index in [0.717, 1.165) is 11.4 Å². The minimum Gasteiger partial charge on any atom is -0.383 e. The summed E-state index contributed by atoms with van der Waals surface area (Å²) in [6.45, 7) is 1.07. The highest BCUT2D eigenvalue weighted by atomic mass is 32.2. The van der Waals surface area contributed by atoms with Gasteiger partial charge in [0.2, 0.25) is 5.91 Å². The van der Waals surface area contributed by atoms with Crippen molar-refractivity contribution >= 4 is 44.4 Å². The summed E-state index contributed by atoms with van der Waals surface area (Å²) in [6.07, 6.45) is 0. The third-order valence-corrected chi connectivity index (χ3v) is 6.10. The van der Waals surface area contributed by atoms with Crippen molar-refractivity contribution in [3.8, 4) is 11.4 Å². The summed E-state index contributed by atoms with van der Waals surface area (Å²) >= 11 is 2.52. The Kier molecular flexibility index (Phi) is 6.36. The molecule has 1 N–H and O–H groups in total. The summed E-state index contributed by atoms with van der Waals surface area (Å²) in [5.41, 5.74) is 1.59. The summed E-state index contributed by atoms with van der Waals surface area (Å²) in [7, 11) is 1.64. The molecule has 0 aliphatic carbocycles. The van der Waals surface area contributed by atoms with Gasteiger partial charge in [-0.3, -0.25) is 9.36 Å². The molecule has 0 aliphatic heterocycles. The minimum atomic E-state index is -0.329. The van der Waals surface area contributed by atoms with Crippen LogP contribution < -0.4 is 5.32 Å². The Morgan fingerprint density at radius 2 is 2.07 bits per heavy atom. The summed E-state index contributed by atoms with van der Waals surface area (Å²) in [5.74, 6) is 0.319. The number of aromatic nitrogens is 4. The van der Waals surface area contributed by atoms with Gasteiger partial charge in [-0.2, -0.15) is 0 Å². The number of carbonyl (C=O) groups is 1. The number of anilines is 1. The fraction of sp³-hybridized carbons (Fsp3) is 0.200. The van der Waals surface area contributed by atoms with Crippen molar-refractivity contribution in [3.63, 3.8) is 0 Å². The van der Waals surface area contributed by atoms with Gasteiger partial charge < -0.3 is 10.1 Å². The van der Waals surface area contributed by atoms with Crippen LogP contribution in [0.1, 0.15) is 0 Å². The second-order valence-corrected chi connectivity index (χ2v) is 8.26. The Morgan fingerprint density at radius 3 is 2.87 bits per heavy atom. The third-order valence-electron chi connectivity index (χ3n) is 4.20. The number of hydrogen-bond acceptors (Lipinski definition) is 7. The number of nitrogens with zero attached hydrogens (tertiary/aromatic N) is 4. The smallest absolute Gasteiger partial charge is 0.236 e. The first-order valence-electron chi connectivity index (χ1n) is 9.10. The zero-order valence-corrected chi connectivity index (χ0v) is 17.7. The first-order valence-corrected chi connectivity index (χ1v) is 10.9. The number of fused-ring (bicyclic) bond motifs is 1. The zero-order chi connectivity index (χ0) is 20.9. The van der Waals surface area contributed by atoms with E-state index in [4.69, 9.17) is 4.74 Å². The van der Waals surface area contributed by atoms with Crippen molar-refractivity contribution in [1.82, 2.24) is 19.7 Å². The molecule has 1 amide bonds. The molecule has 0 saturated heterocycles. The molecule has 0 unspecified atom stereocenters. The van der Waals surface area contributed by atoms with Crippen LogP contribution in [0.3, 0.4) is 0 Å². The molecule has 2 aromatic heterocycles. The largest absolute Gasteiger partial charge is 0.383 e. The zero-order valence-electron chi connectivity index (χ0n) is 16.0. The van der Waals surface area contributed by atoms with Crippen molar-refractivity contribution in [2.45, 2.75) is 11.7 Å². The van der Waals surface area contributed by atoms with E-state index in [2.05, 4.69) is 20.5 Å². The molecule has 7 nitrogen and oxygen atoms in total. The van der Waals surface area contributed by atoms with E-state index in [-0.39, 0.29) is 17.5 Å². The Bertz CT molecular complexity index is 1160. The van der Waals surface area contributed by atoms with Gasteiger partial charge in [-0.15, -0.1) is 10.2 Å². The number of ether oxygens (including phenoxy) is 1. The SMILES string of the molecule is COCCn1c(SCC(=O)Nc2nc3ccc(F)cc3s2)nnc1-c1ccccc1. The minimum absolute atomic E-state index is 0.143. The Balaban J connectivity index is 1.45. The molecular formula is C20H18FN5O2S2. The number of methoxy groups -OCH3 is 1. The van der Waals surface area contributed by atoms with Crippen molar-refractivity contribution in [3.05, 3.63) is 54.3 Å². The molecule has 0 fully saturated rings. The predicted molar refractivity (Wildman–Crippen MR) is 116 cm³/mol. The van der Waals surface area contributed by atoms with Crippen molar-refractivity contribution in [1.29, 1.82) is 0 Å². The van der Waals surface area contributed by atoms with E-state index in [0.29, 0.717) is 33.7 Å². The Hall–Kier alpha value is -2.82. The van der Waals surface area contributed by atoms with Gasteiger partial charge in [-0.25, -0.2) is 9.37 Å². The lowest BCUT2D eigenvalue weighted by Crippen LogP contribution is -2.15. The second kappa shape index (κ2) is 9.33. The molecule has 2 heterocycles. The summed E-state index contributed by atoms with van der Waals surface area (Å²) < 4.78 is 21.2. The van der Waals surface area contributed by atoms with Crippen LogP contribution in [0.15, 0.2) is 53.7 Å². The highest BCUT2D eigenvalue weighted by Gasteiger charge is 2.16. The fourth-order valence-electron chi connectivity index (χ4n) is 2.82. The van der Waals surface area contributed by atoms with Crippen molar-refractivity contribution < 1.29 is 13.9 Å². The van der Waals surface area contributed by atoms with Crippen LogP contribution in [0.2, 0.25) is 0 Å². The number of hydrogen-bond donors (Lipinski definition) is 1. The monoisotopic (exact) mass is 443 g/mol. The van der Waals surface area contributed by atoms with Gasteiger partial charge >= 0.3 is 0 Å². The molecule has 0 bridgehead atoms. The molecule has 0 atom stereocenters. The Labute approximate surface area is 180 Å². The molecule has 10 heteroatoms. The maximum atomic E-state index is 13.3. The van der Waals surface area contributed by atoms with E-state index >= 15 is 0 Å². The van der Waals surface area contributed by atoms with Gasteiger partial charge in [0.25, 0.3) is 0 Å². The molecule has 0 aliphatic rings. The first kappa shape index (κ1) is 20.5. The fourth-order valence-corrected chi connectivity index (χ4v) is 4.49. The average Bonchev–Trinajstić information content (AvgIpc) is 3.34. The highest BCUT2D eigenvalue weighted by Crippen LogP contribution is 2.27. The molecule has 4 aromatic rings. The number of halogens is 1. The maximum Gasteiger partial charge on any atom is 0.236 e. The second-order valence-electron chi connectivity index (χ2n) is 6.28. The quantitative estimate of drug-likeness (QED) is 0.414. The van der Waals surface area contributed by atoms with Crippen LogP contribution >= 0.6 is 23.1 Å². The molecular weight excluding hydrogens is 425 g/mol. The molecule has 30 heavy (non-hydrogen) atoms. The van der Waals surface area contributed by atoms with Crippen LogP contribution in [0.4, 0.5) is 9.52 Å². The molecule has 0 saturated carbocycles. The Morgan fingerprint density at radius 1 is 1.23 bits per heavy atom. The molecule has 2 aromatic carbocycles. The van der Waals surface area contributed by atoms with Gasteiger partial charge in [0.15, 0.2) is 16.1 Å². The predicted octanol–water partition coefficient (Wildman–Crippen LogP) is 4.07. The average molecular weight is 444 g/mol. The van der Waals surface area contributed by atoms with Crippen molar-refractivity contribution in [2.24, 2.45) is 0 Å². The highest BCUT2D eigenvalue weighted by molar-refractivity contribution is 7.99. The standard InChI is InChI=1S/C20H18FN5O2S2/c1-28-10-9-26-18(13-5-3-2-4-6-13)24-25-20(26)29-12-17(27)23-19-22-15-8-7-14(21)11-16(15)30-19/h2-8,11H,9-10,12H2,1H3,(H,22,23,27). The lowest BCUT2D eigenvalue weighted by atomic mass is 10.2. The number of carbonyl (C=O) groups excluding carboxylic acids is 1.